The van der Waals surface area contributed by atoms with Gasteiger partial charge in [0.25, 0.3) is 0 Å². The summed E-state index contributed by atoms with van der Waals surface area (Å²) in [5, 5.41) is 2.65. The summed E-state index contributed by atoms with van der Waals surface area (Å²) in [5.74, 6) is 0.271. The SMILES string of the molecule is O=C(NCc1ccc2c(c1)OCO2)C1CCN(S(=O)(=O)c2ccc(F)c(Cl)c2)CC1. The van der Waals surface area contributed by atoms with Crippen molar-refractivity contribution in [2.75, 3.05) is 19.9 Å². The van der Waals surface area contributed by atoms with Gasteiger partial charge in [0.05, 0.1) is 9.92 Å². The maximum atomic E-state index is 13.3. The molecular formula is C20H20ClFN2O5S. The van der Waals surface area contributed by atoms with Crippen molar-refractivity contribution in [3.05, 3.63) is 52.8 Å². The minimum absolute atomic E-state index is 0.0559. The van der Waals surface area contributed by atoms with Crippen molar-refractivity contribution in [1.82, 2.24) is 9.62 Å². The molecule has 0 bridgehead atoms. The van der Waals surface area contributed by atoms with E-state index in [1.54, 1.807) is 6.07 Å². The first-order valence-corrected chi connectivity index (χ1v) is 11.3. The van der Waals surface area contributed by atoms with Gasteiger partial charge in [0, 0.05) is 25.6 Å². The number of hydrogen-bond donors (Lipinski definition) is 1. The van der Waals surface area contributed by atoms with Gasteiger partial charge in [0.2, 0.25) is 22.7 Å². The summed E-state index contributed by atoms with van der Waals surface area (Å²) in [5.41, 5.74) is 0.890. The van der Waals surface area contributed by atoms with Crippen LogP contribution in [0.4, 0.5) is 4.39 Å². The van der Waals surface area contributed by atoms with Crippen molar-refractivity contribution in [3.8, 4) is 11.5 Å². The Bertz CT molecular complexity index is 1070. The highest BCUT2D eigenvalue weighted by Gasteiger charge is 2.32. The number of nitrogens with zero attached hydrogens (tertiary/aromatic N) is 1. The fourth-order valence-electron chi connectivity index (χ4n) is 3.53. The lowest BCUT2D eigenvalue weighted by Crippen LogP contribution is -2.42. The monoisotopic (exact) mass is 454 g/mol. The van der Waals surface area contributed by atoms with E-state index in [0.29, 0.717) is 30.9 Å². The zero-order valence-electron chi connectivity index (χ0n) is 15.9. The van der Waals surface area contributed by atoms with E-state index in [2.05, 4.69) is 5.32 Å². The minimum atomic E-state index is -3.79. The number of carbonyl (C=O) groups excluding carboxylic acids is 1. The van der Waals surface area contributed by atoms with Crippen LogP contribution in [0.15, 0.2) is 41.3 Å². The molecule has 0 unspecified atom stereocenters. The van der Waals surface area contributed by atoms with Gasteiger partial charge in [-0.25, -0.2) is 12.8 Å². The third-order valence-electron chi connectivity index (χ3n) is 5.26. The molecule has 10 heteroatoms. The highest BCUT2D eigenvalue weighted by atomic mass is 35.5. The summed E-state index contributed by atoms with van der Waals surface area (Å²) >= 11 is 5.71. The predicted molar refractivity (Wildman–Crippen MR) is 107 cm³/mol. The Morgan fingerprint density at radius 1 is 1.13 bits per heavy atom. The molecule has 30 heavy (non-hydrogen) atoms. The van der Waals surface area contributed by atoms with Crippen LogP contribution in [0.1, 0.15) is 18.4 Å². The number of halogens is 2. The summed E-state index contributed by atoms with van der Waals surface area (Å²) in [6, 6.07) is 8.82. The van der Waals surface area contributed by atoms with E-state index >= 15 is 0 Å². The molecule has 0 aliphatic carbocycles. The Hall–Kier alpha value is -2.36. The van der Waals surface area contributed by atoms with E-state index < -0.39 is 15.8 Å². The first kappa shape index (κ1) is 20.9. The van der Waals surface area contributed by atoms with Crippen molar-refractivity contribution in [1.29, 1.82) is 0 Å². The fraction of sp³-hybridized carbons (Fsp3) is 0.350. The van der Waals surface area contributed by atoms with Crippen LogP contribution in [0.25, 0.3) is 0 Å². The molecule has 1 saturated heterocycles. The average Bonchev–Trinajstić information content (AvgIpc) is 3.22. The lowest BCUT2D eigenvalue weighted by molar-refractivity contribution is -0.126. The Kier molecular flexibility index (Phi) is 5.86. The van der Waals surface area contributed by atoms with Gasteiger partial charge in [-0.1, -0.05) is 17.7 Å². The van der Waals surface area contributed by atoms with Gasteiger partial charge in [-0.15, -0.1) is 0 Å². The highest BCUT2D eigenvalue weighted by Crippen LogP contribution is 2.32. The molecule has 1 fully saturated rings. The van der Waals surface area contributed by atoms with Gasteiger partial charge in [-0.05, 0) is 48.7 Å². The van der Waals surface area contributed by atoms with E-state index in [1.807, 2.05) is 12.1 Å². The summed E-state index contributed by atoms with van der Waals surface area (Å²) < 4.78 is 50.7. The lowest BCUT2D eigenvalue weighted by Gasteiger charge is -2.30. The maximum Gasteiger partial charge on any atom is 0.243 e. The molecule has 2 aliphatic rings. The van der Waals surface area contributed by atoms with Crippen LogP contribution in [-0.2, 0) is 21.4 Å². The maximum absolute atomic E-state index is 13.3. The standard InChI is InChI=1S/C20H20ClFN2O5S/c21-16-10-15(2-3-17(16)22)30(26,27)24-7-5-14(6-8-24)20(25)23-11-13-1-4-18-19(9-13)29-12-28-18/h1-4,9-10,14H,5-8,11-12H2,(H,23,25). The van der Waals surface area contributed by atoms with E-state index in [-0.39, 0.29) is 41.6 Å². The summed E-state index contributed by atoms with van der Waals surface area (Å²) in [6.45, 7) is 0.956. The predicted octanol–water partition coefficient (Wildman–Crippen LogP) is 2.92. The van der Waals surface area contributed by atoms with Crippen LogP contribution < -0.4 is 14.8 Å². The molecule has 0 aromatic heterocycles. The molecule has 4 rings (SSSR count). The second-order valence-electron chi connectivity index (χ2n) is 7.16. The molecule has 2 aromatic rings. The summed E-state index contributed by atoms with van der Waals surface area (Å²) in [4.78, 5) is 12.5. The largest absolute Gasteiger partial charge is 0.454 e. The molecule has 7 nitrogen and oxygen atoms in total. The molecule has 2 aliphatic heterocycles. The quantitative estimate of drug-likeness (QED) is 0.750. The van der Waals surface area contributed by atoms with Gasteiger partial charge in [0.1, 0.15) is 5.82 Å². The third kappa shape index (κ3) is 4.23. The Labute approximate surface area is 178 Å². The van der Waals surface area contributed by atoms with Crippen LogP contribution in [0.2, 0.25) is 5.02 Å². The molecule has 2 heterocycles. The number of hydrogen-bond acceptors (Lipinski definition) is 5. The van der Waals surface area contributed by atoms with Crippen LogP contribution in [-0.4, -0.2) is 38.5 Å². The molecular weight excluding hydrogens is 435 g/mol. The van der Waals surface area contributed by atoms with Gasteiger partial charge in [0.15, 0.2) is 11.5 Å². The number of fused-ring (bicyclic) bond motifs is 1. The molecule has 1 N–H and O–H groups in total. The molecule has 0 radical (unpaired) electrons. The molecule has 1 amide bonds. The second-order valence-corrected chi connectivity index (χ2v) is 9.50. The van der Waals surface area contributed by atoms with Crippen LogP contribution in [0.3, 0.4) is 0 Å². The molecule has 0 saturated carbocycles. The van der Waals surface area contributed by atoms with Gasteiger partial charge in [-0.3, -0.25) is 4.79 Å². The van der Waals surface area contributed by atoms with Crippen molar-refractivity contribution >= 4 is 27.5 Å². The lowest BCUT2D eigenvalue weighted by atomic mass is 9.97. The minimum Gasteiger partial charge on any atom is -0.454 e. The third-order valence-corrected chi connectivity index (χ3v) is 7.44. The van der Waals surface area contributed by atoms with Gasteiger partial charge < -0.3 is 14.8 Å². The van der Waals surface area contributed by atoms with Gasteiger partial charge in [-0.2, -0.15) is 4.31 Å². The van der Waals surface area contributed by atoms with Crippen molar-refractivity contribution in [2.24, 2.45) is 5.92 Å². The average molecular weight is 455 g/mol. The number of sulfonamides is 1. The van der Waals surface area contributed by atoms with Crippen molar-refractivity contribution < 1.29 is 27.1 Å². The zero-order valence-corrected chi connectivity index (χ0v) is 17.5. The van der Waals surface area contributed by atoms with Crippen LogP contribution in [0, 0.1) is 11.7 Å². The number of ether oxygens (including phenoxy) is 2. The number of benzene rings is 2. The van der Waals surface area contributed by atoms with Crippen LogP contribution in [0.5, 0.6) is 11.5 Å². The zero-order chi connectivity index (χ0) is 21.3. The Morgan fingerprint density at radius 3 is 2.60 bits per heavy atom. The molecule has 2 aromatic carbocycles. The molecule has 0 spiro atoms. The number of carbonyl (C=O) groups is 1. The number of piperidine rings is 1. The summed E-state index contributed by atoms with van der Waals surface area (Å²) in [6.07, 6.45) is 0.808. The van der Waals surface area contributed by atoms with E-state index in [4.69, 9.17) is 21.1 Å². The van der Waals surface area contributed by atoms with Crippen LogP contribution >= 0.6 is 11.6 Å². The van der Waals surface area contributed by atoms with Crippen molar-refractivity contribution in [3.63, 3.8) is 0 Å². The van der Waals surface area contributed by atoms with E-state index in [9.17, 15) is 17.6 Å². The highest BCUT2D eigenvalue weighted by molar-refractivity contribution is 7.89. The number of amides is 1. The molecule has 0 atom stereocenters. The number of rotatable bonds is 5. The first-order valence-electron chi connectivity index (χ1n) is 9.46. The normalized spacial score (nSPS) is 17.1. The van der Waals surface area contributed by atoms with E-state index in [0.717, 1.165) is 17.7 Å². The van der Waals surface area contributed by atoms with Crippen molar-refractivity contribution in [2.45, 2.75) is 24.3 Å². The molecule has 160 valence electrons. The number of nitrogens with one attached hydrogen (secondary N) is 1. The Balaban J connectivity index is 1.32. The Morgan fingerprint density at radius 2 is 1.87 bits per heavy atom. The van der Waals surface area contributed by atoms with Gasteiger partial charge >= 0.3 is 0 Å². The summed E-state index contributed by atoms with van der Waals surface area (Å²) in [7, 11) is -3.79. The first-order chi connectivity index (χ1) is 14.3. The second kappa shape index (κ2) is 8.41. The topological polar surface area (TPSA) is 84.9 Å². The van der Waals surface area contributed by atoms with E-state index in [1.165, 1.54) is 10.4 Å². The fourth-order valence-corrected chi connectivity index (χ4v) is 5.27. The smallest absolute Gasteiger partial charge is 0.243 e.